The van der Waals surface area contributed by atoms with Crippen molar-refractivity contribution in [3.63, 3.8) is 0 Å². The molecule has 76 valence electrons. The Bertz CT molecular complexity index is 328. The lowest BCUT2D eigenvalue weighted by Crippen LogP contribution is -2.22. The summed E-state index contributed by atoms with van der Waals surface area (Å²) in [5, 5.41) is 8.18. The highest BCUT2D eigenvalue weighted by Crippen LogP contribution is 2.15. The maximum absolute atomic E-state index is 12.8. The Balaban J connectivity index is 2.54. The van der Waals surface area contributed by atoms with Crippen molar-refractivity contribution in [2.45, 2.75) is 6.17 Å². The molecule has 1 rings (SSSR count). The van der Waals surface area contributed by atoms with Crippen molar-refractivity contribution in [2.75, 3.05) is 6.61 Å². The maximum Gasteiger partial charge on any atom is 0.341 e. The van der Waals surface area contributed by atoms with Crippen molar-refractivity contribution in [3.8, 4) is 5.75 Å². The summed E-state index contributed by atoms with van der Waals surface area (Å²) in [4.78, 5) is 10.1. The average Bonchev–Trinajstić information content (AvgIpc) is 2.16. The molecule has 1 aromatic carbocycles. The van der Waals surface area contributed by atoms with E-state index in [0.717, 1.165) is 6.07 Å². The van der Waals surface area contributed by atoms with Crippen LogP contribution in [0.3, 0.4) is 0 Å². The summed E-state index contributed by atoms with van der Waals surface area (Å²) in [5.74, 6) is -2.43. The number of carboxylic acids is 1. The summed E-state index contributed by atoms with van der Waals surface area (Å²) in [6, 6.07) is 5.39. The lowest BCUT2D eigenvalue weighted by molar-refractivity contribution is -0.143. The Hall–Kier alpha value is -1.65. The minimum Gasteiger partial charge on any atom is -0.487 e. The van der Waals surface area contributed by atoms with E-state index in [4.69, 9.17) is 5.11 Å². The molecular formula is C9H8F2O3. The van der Waals surface area contributed by atoms with Gasteiger partial charge in [-0.25, -0.2) is 13.6 Å². The second kappa shape index (κ2) is 4.55. The standard InChI is InChI=1S/C9H8F2O3/c10-6-3-1-2-4-8(6)14-5-7(11)9(12)13/h1-4,7H,5H2,(H,12,13). The van der Waals surface area contributed by atoms with Crippen LogP contribution in [0, 0.1) is 5.82 Å². The summed E-state index contributed by atoms with van der Waals surface area (Å²) in [7, 11) is 0. The second-order valence-electron chi connectivity index (χ2n) is 2.55. The van der Waals surface area contributed by atoms with Crippen LogP contribution in [0.15, 0.2) is 24.3 Å². The van der Waals surface area contributed by atoms with E-state index < -0.39 is 24.6 Å². The van der Waals surface area contributed by atoms with Gasteiger partial charge in [0.15, 0.2) is 11.6 Å². The number of benzene rings is 1. The highest BCUT2D eigenvalue weighted by atomic mass is 19.1. The van der Waals surface area contributed by atoms with E-state index in [9.17, 15) is 13.6 Å². The molecule has 3 nitrogen and oxygen atoms in total. The van der Waals surface area contributed by atoms with Gasteiger partial charge in [-0.1, -0.05) is 12.1 Å². The first-order valence-electron chi connectivity index (χ1n) is 3.85. The quantitative estimate of drug-likeness (QED) is 0.807. The fourth-order valence-corrected chi connectivity index (χ4v) is 0.796. The molecule has 1 aromatic rings. The van der Waals surface area contributed by atoms with Gasteiger partial charge in [0.25, 0.3) is 0 Å². The minimum absolute atomic E-state index is 0.156. The molecule has 1 atom stereocenters. The molecule has 0 aliphatic rings. The van der Waals surface area contributed by atoms with Crippen molar-refractivity contribution in [2.24, 2.45) is 0 Å². The fraction of sp³-hybridized carbons (Fsp3) is 0.222. The average molecular weight is 202 g/mol. The Morgan fingerprint density at radius 2 is 2.14 bits per heavy atom. The van der Waals surface area contributed by atoms with Crippen LogP contribution >= 0.6 is 0 Å². The highest BCUT2D eigenvalue weighted by molar-refractivity contribution is 5.72. The van der Waals surface area contributed by atoms with Crippen LogP contribution < -0.4 is 4.74 Å². The number of ether oxygens (including phenoxy) is 1. The Morgan fingerprint density at radius 1 is 1.50 bits per heavy atom. The molecule has 1 unspecified atom stereocenters. The third-order valence-electron chi connectivity index (χ3n) is 1.49. The number of hydrogen-bond acceptors (Lipinski definition) is 2. The number of carbonyl (C=O) groups is 1. The SMILES string of the molecule is O=C(O)C(F)COc1ccccc1F. The largest absolute Gasteiger partial charge is 0.487 e. The molecule has 0 aliphatic heterocycles. The van der Waals surface area contributed by atoms with E-state index in [1.54, 1.807) is 0 Å². The monoisotopic (exact) mass is 202 g/mol. The van der Waals surface area contributed by atoms with Crippen LogP contribution in [0.2, 0.25) is 0 Å². The van der Waals surface area contributed by atoms with Crippen molar-refractivity contribution in [3.05, 3.63) is 30.1 Å². The van der Waals surface area contributed by atoms with E-state index in [1.807, 2.05) is 0 Å². The molecule has 0 fully saturated rings. The second-order valence-corrected chi connectivity index (χ2v) is 2.55. The van der Waals surface area contributed by atoms with Gasteiger partial charge in [0, 0.05) is 0 Å². The van der Waals surface area contributed by atoms with Crippen molar-refractivity contribution in [1.29, 1.82) is 0 Å². The predicted molar refractivity (Wildman–Crippen MR) is 44.4 cm³/mol. The molecule has 0 saturated heterocycles. The van der Waals surface area contributed by atoms with Gasteiger partial charge in [0.05, 0.1) is 0 Å². The van der Waals surface area contributed by atoms with Crippen LogP contribution in [0.5, 0.6) is 5.75 Å². The summed E-state index contributed by atoms with van der Waals surface area (Å²) in [6.45, 7) is -0.698. The van der Waals surface area contributed by atoms with E-state index in [1.165, 1.54) is 18.2 Å². The normalized spacial score (nSPS) is 12.1. The van der Waals surface area contributed by atoms with E-state index in [2.05, 4.69) is 4.74 Å². The van der Waals surface area contributed by atoms with E-state index in [-0.39, 0.29) is 5.75 Å². The third-order valence-corrected chi connectivity index (χ3v) is 1.49. The number of para-hydroxylation sites is 1. The third kappa shape index (κ3) is 2.69. The topological polar surface area (TPSA) is 46.5 Å². The minimum atomic E-state index is -2.14. The van der Waals surface area contributed by atoms with Crippen LogP contribution in [-0.2, 0) is 4.79 Å². The molecule has 14 heavy (non-hydrogen) atoms. The number of hydrogen-bond donors (Lipinski definition) is 1. The van der Waals surface area contributed by atoms with Gasteiger partial charge < -0.3 is 9.84 Å². The first kappa shape index (κ1) is 10.4. The zero-order chi connectivity index (χ0) is 10.6. The van der Waals surface area contributed by atoms with Crippen molar-refractivity contribution in [1.82, 2.24) is 0 Å². The van der Waals surface area contributed by atoms with Gasteiger partial charge in [-0.2, -0.15) is 0 Å². The van der Waals surface area contributed by atoms with Crippen LogP contribution in [0.1, 0.15) is 0 Å². The van der Waals surface area contributed by atoms with Gasteiger partial charge in [-0.05, 0) is 12.1 Å². The molecule has 0 saturated carbocycles. The number of carboxylic acid groups (broad SMARTS) is 1. The maximum atomic E-state index is 12.8. The van der Waals surface area contributed by atoms with Gasteiger partial charge in [-0.15, -0.1) is 0 Å². The highest BCUT2D eigenvalue weighted by Gasteiger charge is 2.16. The molecule has 1 N–H and O–H groups in total. The number of halogens is 2. The molecule has 0 aromatic heterocycles. The van der Waals surface area contributed by atoms with Crippen molar-refractivity contribution < 1.29 is 23.4 Å². The summed E-state index contributed by atoms with van der Waals surface area (Å²) < 4.78 is 30.0. The van der Waals surface area contributed by atoms with Gasteiger partial charge in [0.2, 0.25) is 6.17 Å². The lowest BCUT2D eigenvalue weighted by atomic mass is 10.3. The van der Waals surface area contributed by atoms with Crippen LogP contribution in [0.4, 0.5) is 8.78 Å². The molecule has 0 radical (unpaired) electrons. The number of rotatable bonds is 4. The van der Waals surface area contributed by atoms with Crippen LogP contribution in [0.25, 0.3) is 0 Å². The number of alkyl halides is 1. The molecule has 0 amide bonds. The summed E-state index contributed by atoms with van der Waals surface area (Å²) in [6.07, 6.45) is -2.14. The Kier molecular flexibility index (Phi) is 3.39. The van der Waals surface area contributed by atoms with E-state index in [0.29, 0.717) is 0 Å². The van der Waals surface area contributed by atoms with Gasteiger partial charge in [0.1, 0.15) is 6.61 Å². The zero-order valence-corrected chi connectivity index (χ0v) is 7.11. The molecule has 0 spiro atoms. The first-order chi connectivity index (χ1) is 6.61. The fourth-order valence-electron chi connectivity index (χ4n) is 0.796. The van der Waals surface area contributed by atoms with Gasteiger partial charge in [-0.3, -0.25) is 0 Å². The smallest absolute Gasteiger partial charge is 0.341 e. The summed E-state index contributed by atoms with van der Waals surface area (Å²) >= 11 is 0. The van der Waals surface area contributed by atoms with E-state index >= 15 is 0 Å². The molecular weight excluding hydrogens is 194 g/mol. The number of aliphatic carboxylic acids is 1. The molecule has 0 bridgehead atoms. The molecule has 0 aliphatic carbocycles. The van der Waals surface area contributed by atoms with Gasteiger partial charge >= 0.3 is 5.97 Å². The zero-order valence-electron chi connectivity index (χ0n) is 7.11. The lowest BCUT2D eigenvalue weighted by Gasteiger charge is -2.07. The Morgan fingerprint density at radius 3 is 2.71 bits per heavy atom. The summed E-state index contributed by atoms with van der Waals surface area (Å²) in [5.41, 5.74) is 0. The molecule has 5 heteroatoms. The van der Waals surface area contributed by atoms with Crippen molar-refractivity contribution >= 4 is 5.97 Å². The molecule has 0 heterocycles. The predicted octanol–water partition coefficient (Wildman–Crippen LogP) is 1.63. The Labute approximate surface area is 78.9 Å². The first-order valence-corrected chi connectivity index (χ1v) is 3.85. The van der Waals surface area contributed by atoms with Crippen LogP contribution in [-0.4, -0.2) is 23.9 Å².